The molecule has 134 valence electrons. The lowest BCUT2D eigenvalue weighted by molar-refractivity contribution is -0.384. The Morgan fingerprint density at radius 3 is 2.65 bits per heavy atom. The normalized spacial score (nSPS) is 14.7. The molecule has 7 heteroatoms. The molecule has 3 heterocycles. The fraction of sp³-hybridized carbons (Fsp3) is 0.263. The van der Waals surface area contributed by atoms with Crippen LogP contribution in [0.5, 0.6) is 5.88 Å². The molecule has 0 amide bonds. The van der Waals surface area contributed by atoms with E-state index in [0.717, 1.165) is 18.5 Å². The Bertz CT molecular complexity index is 867. The van der Waals surface area contributed by atoms with Gasteiger partial charge in [-0.25, -0.2) is 9.97 Å². The second kappa shape index (κ2) is 7.77. The molecule has 3 rings (SSSR count). The van der Waals surface area contributed by atoms with E-state index in [0.29, 0.717) is 24.6 Å². The summed E-state index contributed by atoms with van der Waals surface area (Å²) in [5.41, 5.74) is 2.79. The third kappa shape index (κ3) is 4.24. The lowest BCUT2D eigenvalue weighted by Crippen LogP contribution is -2.32. The quantitative estimate of drug-likeness (QED) is 0.667. The highest BCUT2D eigenvalue weighted by Gasteiger charge is 2.23. The van der Waals surface area contributed by atoms with Gasteiger partial charge in [0.25, 0.3) is 0 Å². The molecule has 0 aromatic carbocycles. The maximum Gasteiger partial charge on any atom is 0.311 e. The number of hydrogen-bond donors (Lipinski definition) is 1. The van der Waals surface area contributed by atoms with Gasteiger partial charge in [-0.05, 0) is 38.0 Å². The van der Waals surface area contributed by atoms with E-state index in [1.54, 1.807) is 12.1 Å². The second-order valence-electron chi connectivity index (χ2n) is 6.14. The van der Waals surface area contributed by atoms with Gasteiger partial charge in [-0.1, -0.05) is 23.8 Å². The SMILES string of the molecule is Cc1ccc([N+](=O)[O-])c(N2CCC(=C/C=C/c3cccc(O)n3)CC2)n1. The molecule has 0 aliphatic carbocycles. The van der Waals surface area contributed by atoms with Gasteiger partial charge in [0.05, 0.1) is 10.6 Å². The minimum Gasteiger partial charge on any atom is -0.493 e. The number of hydrogen-bond acceptors (Lipinski definition) is 6. The predicted octanol–water partition coefficient (Wildman–Crippen LogP) is 3.64. The number of rotatable bonds is 4. The highest BCUT2D eigenvalue weighted by molar-refractivity contribution is 5.59. The number of pyridine rings is 2. The van der Waals surface area contributed by atoms with E-state index < -0.39 is 0 Å². The fourth-order valence-corrected chi connectivity index (χ4v) is 2.90. The highest BCUT2D eigenvalue weighted by atomic mass is 16.6. The van der Waals surface area contributed by atoms with E-state index in [9.17, 15) is 15.2 Å². The number of nitrogens with zero attached hydrogens (tertiary/aromatic N) is 4. The van der Waals surface area contributed by atoms with E-state index >= 15 is 0 Å². The van der Waals surface area contributed by atoms with Crippen molar-refractivity contribution in [2.75, 3.05) is 18.0 Å². The Labute approximate surface area is 151 Å². The van der Waals surface area contributed by atoms with Crippen LogP contribution in [0.25, 0.3) is 6.08 Å². The first-order chi connectivity index (χ1) is 12.5. The molecule has 1 aliphatic heterocycles. The maximum atomic E-state index is 11.2. The molecule has 7 nitrogen and oxygen atoms in total. The summed E-state index contributed by atoms with van der Waals surface area (Å²) in [6.45, 7) is 3.23. The minimum absolute atomic E-state index is 0.000333. The minimum atomic E-state index is -0.377. The van der Waals surface area contributed by atoms with Crippen molar-refractivity contribution in [3.05, 3.63) is 69.6 Å². The summed E-state index contributed by atoms with van der Waals surface area (Å²) >= 11 is 0. The van der Waals surface area contributed by atoms with Gasteiger partial charge in [0.2, 0.25) is 11.7 Å². The fourth-order valence-electron chi connectivity index (χ4n) is 2.90. The topological polar surface area (TPSA) is 92.4 Å². The zero-order chi connectivity index (χ0) is 18.5. The molecule has 1 N–H and O–H groups in total. The van der Waals surface area contributed by atoms with E-state index in [1.807, 2.05) is 36.1 Å². The number of aryl methyl sites for hydroxylation is 1. The Morgan fingerprint density at radius 1 is 1.19 bits per heavy atom. The van der Waals surface area contributed by atoms with Crippen LogP contribution in [0.15, 0.2) is 48.1 Å². The summed E-state index contributed by atoms with van der Waals surface area (Å²) in [6.07, 6.45) is 7.45. The molecular weight excluding hydrogens is 332 g/mol. The van der Waals surface area contributed by atoms with Crippen LogP contribution in [-0.2, 0) is 0 Å². The van der Waals surface area contributed by atoms with Gasteiger partial charge in [0, 0.05) is 30.9 Å². The van der Waals surface area contributed by atoms with Gasteiger partial charge in [-0.2, -0.15) is 0 Å². The summed E-state index contributed by atoms with van der Waals surface area (Å²) in [4.78, 5) is 21.2. The van der Waals surface area contributed by atoms with Crippen LogP contribution in [0.3, 0.4) is 0 Å². The maximum absolute atomic E-state index is 11.2. The van der Waals surface area contributed by atoms with Gasteiger partial charge in [-0.15, -0.1) is 0 Å². The summed E-state index contributed by atoms with van der Waals surface area (Å²) in [5, 5.41) is 20.6. The van der Waals surface area contributed by atoms with E-state index in [1.165, 1.54) is 17.7 Å². The van der Waals surface area contributed by atoms with Gasteiger partial charge in [0.15, 0.2) is 0 Å². The summed E-state index contributed by atoms with van der Waals surface area (Å²) < 4.78 is 0. The van der Waals surface area contributed by atoms with E-state index in [-0.39, 0.29) is 16.5 Å². The number of anilines is 1. The van der Waals surface area contributed by atoms with Crippen molar-refractivity contribution in [3.63, 3.8) is 0 Å². The van der Waals surface area contributed by atoms with E-state index in [2.05, 4.69) is 9.97 Å². The largest absolute Gasteiger partial charge is 0.493 e. The van der Waals surface area contributed by atoms with Crippen molar-refractivity contribution in [2.45, 2.75) is 19.8 Å². The average Bonchev–Trinajstić information content (AvgIpc) is 2.62. The molecule has 0 radical (unpaired) electrons. The second-order valence-corrected chi connectivity index (χ2v) is 6.14. The van der Waals surface area contributed by atoms with Crippen LogP contribution < -0.4 is 4.90 Å². The van der Waals surface area contributed by atoms with Crippen molar-refractivity contribution in [3.8, 4) is 5.88 Å². The van der Waals surface area contributed by atoms with Crippen LogP contribution in [0, 0.1) is 17.0 Å². The Morgan fingerprint density at radius 2 is 1.96 bits per heavy atom. The Kier molecular flexibility index (Phi) is 5.26. The van der Waals surface area contributed by atoms with Crippen molar-refractivity contribution >= 4 is 17.6 Å². The van der Waals surface area contributed by atoms with Crippen LogP contribution in [0.4, 0.5) is 11.5 Å². The first-order valence-corrected chi connectivity index (χ1v) is 8.42. The molecule has 2 aromatic heterocycles. The van der Waals surface area contributed by atoms with Gasteiger partial charge in [0.1, 0.15) is 0 Å². The molecular formula is C19H20N4O3. The molecule has 1 fully saturated rings. The van der Waals surface area contributed by atoms with Gasteiger partial charge < -0.3 is 10.0 Å². The molecule has 26 heavy (non-hydrogen) atoms. The molecule has 1 saturated heterocycles. The monoisotopic (exact) mass is 352 g/mol. The standard InChI is InChI=1S/C19H20N4O3/c1-14-8-9-17(23(25)26)19(20-14)22-12-10-15(11-13-22)4-2-5-16-6-3-7-18(24)21-16/h2-9H,10-13H2,1H3,(H,21,24)/b5-2+. The van der Waals surface area contributed by atoms with Crippen molar-refractivity contribution in [2.24, 2.45) is 0 Å². The predicted molar refractivity (Wildman–Crippen MR) is 100 cm³/mol. The molecule has 0 unspecified atom stereocenters. The van der Waals surface area contributed by atoms with E-state index in [4.69, 9.17) is 0 Å². The molecule has 0 spiro atoms. The molecule has 1 aliphatic rings. The van der Waals surface area contributed by atoms with Crippen molar-refractivity contribution in [1.82, 2.24) is 9.97 Å². The summed E-state index contributed by atoms with van der Waals surface area (Å²) in [6, 6.07) is 8.28. The Balaban J connectivity index is 1.66. The lowest BCUT2D eigenvalue weighted by atomic mass is 10.0. The van der Waals surface area contributed by atoms with Gasteiger partial charge in [-0.3, -0.25) is 10.1 Å². The third-order valence-corrected chi connectivity index (χ3v) is 4.25. The number of allylic oxidation sites excluding steroid dienone is 2. The highest BCUT2D eigenvalue weighted by Crippen LogP contribution is 2.29. The van der Waals surface area contributed by atoms with Gasteiger partial charge >= 0.3 is 5.69 Å². The third-order valence-electron chi connectivity index (χ3n) is 4.25. The zero-order valence-electron chi connectivity index (χ0n) is 14.5. The smallest absolute Gasteiger partial charge is 0.311 e. The molecule has 0 atom stereocenters. The first kappa shape index (κ1) is 17.6. The number of aromatic hydroxyl groups is 1. The zero-order valence-corrected chi connectivity index (χ0v) is 14.5. The molecule has 0 bridgehead atoms. The molecule has 0 saturated carbocycles. The van der Waals surface area contributed by atoms with Crippen LogP contribution >= 0.6 is 0 Å². The average molecular weight is 352 g/mol. The van der Waals surface area contributed by atoms with Crippen LogP contribution in [0.1, 0.15) is 24.2 Å². The summed E-state index contributed by atoms with van der Waals surface area (Å²) in [5.74, 6) is 0.453. The van der Waals surface area contributed by atoms with Crippen LogP contribution in [0.2, 0.25) is 0 Å². The number of nitro groups is 1. The molecule has 2 aromatic rings. The first-order valence-electron chi connectivity index (χ1n) is 8.42. The number of piperidine rings is 1. The summed E-state index contributed by atoms with van der Waals surface area (Å²) in [7, 11) is 0. The van der Waals surface area contributed by atoms with Crippen molar-refractivity contribution in [1.29, 1.82) is 0 Å². The van der Waals surface area contributed by atoms with Crippen molar-refractivity contribution < 1.29 is 10.0 Å². The lowest BCUT2D eigenvalue weighted by Gasteiger charge is -2.29. The van der Waals surface area contributed by atoms with Crippen LogP contribution in [-0.4, -0.2) is 33.1 Å². The number of aromatic nitrogens is 2. The Hall–Kier alpha value is -3.22.